The van der Waals surface area contributed by atoms with Crippen LogP contribution >= 0.6 is 22.9 Å². The van der Waals surface area contributed by atoms with E-state index in [1.165, 1.54) is 11.3 Å². The lowest BCUT2D eigenvalue weighted by Gasteiger charge is -2.32. The first kappa shape index (κ1) is 24.5. The minimum absolute atomic E-state index is 0.0352. The van der Waals surface area contributed by atoms with E-state index in [-0.39, 0.29) is 22.9 Å². The SMILES string of the molecule is CC(C)Oc1ccccc1-n1c2c(cc(-c3nc(-c4ccc(Cl)cc4)cs3)c1=O)C(=O)CC(C)(C)C2. The molecule has 0 spiro atoms. The number of carbonyl (C=O) groups excluding carboxylic acids is 1. The summed E-state index contributed by atoms with van der Waals surface area (Å²) in [6, 6.07) is 16.7. The molecule has 2 aromatic heterocycles. The lowest BCUT2D eigenvalue weighted by molar-refractivity contribution is 0.0908. The van der Waals surface area contributed by atoms with E-state index in [4.69, 9.17) is 21.3 Å². The van der Waals surface area contributed by atoms with Gasteiger partial charge in [-0.25, -0.2) is 4.98 Å². The molecule has 4 aromatic rings. The lowest BCUT2D eigenvalue weighted by atomic mass is 9.75. The van der Waals surface area contributed by atoms with Crippen molar-refractivity contribution in [3.63, 3.8) is 0 Å². The molecule has 0 radical (unpaired) electrons. The van der Waals surface area contributed by atoms with Crippen molar-refractivity contribution in [1.82, 2.24) is 9.55 Å². The molecular formula is C29H27ClN2O3S. The van der Waals surface area contributed by atoms with Crippen LogP contribution in [0.5, 0.6) is 5.75 Å². The van der Waals surface area contributed by atoms with Gasteiger partial charge in [-0.05, 0) is 56.0 Å². The van der Waals surface area contributed by atoms with Crippen molar-refractivity contribution >= 4 is 28.7 Å². The third kappa shape index (κ3) is 4.63. The topological polar surface area (TPSA) is 61.2 Å². The van der Waals surface area contributed by atoms with Gasteiger partial charge in [0, 0.05) is 33.6 Å². The predicted octanol–water partition coefficient (Wildman–Crippen LogP) is 7.22. The van der Waals surface area contributed by atoms with E-state index in [2.05, 4.69) is 13.8 Å². The molecule has 0 aliphatic heterocycles. The van der Waals surface area contributed by atoms with Crippen LogP contribution in [0.4, 0.5) is 0 Å². The Morgan fingerprint density at radius 2 is 1.75 bits per heavy atom. The third-order valence-electron chi connectivity index (χ3n) is 6.23. The van der Waals surface area contributed by atoms with Crippen molar-refractivity contribution in [1.29, 1.82) is 0 Å². The van der Waals surface area contributed by atoms with Crippen molar-refractivity contribution in [3.05, 3.63) is 86.6 Å². The maximum atomic E-state index is 14.1. The smallest absolute Gasteiger partial charge is 0.265 e. The van der Waals surface area contributed by atoms with Crippen molar-refractivity contribution < 1.29 is 9.53 Å². The van der Waals surface area contributed by atoms with Crippen LogP contribution in [-0.4, -0.2) is 21.4 Å². The summed E-state index contributed by atoms with van der Waals surface area (Å²) < 4.78 is 7.74. The molecule has 0 saturated heterocycles. The summed E-state index contributed by atoms with van der Waals surface area (Å²) in [5.74, 6) is 0.638. The van der Waals surface area contributed by atoms with Gasteiger partial charge in [0.15, 0.2) is 5.78 Å². The zero-order chi connectivity index (χ0) is 25.6. The van der Waals surface area contributed by atoms with Crippen LogP contribution in [0.25, 0.3) is 27.5 Å². The highest BCUT2D eigenvalue weighted by Gasteiger charge is 2.35. The summed E-state index contributed by atoms with van der Waals surface area (Å²) in [4.78, 5) is 32.2. The molecule has 0 fully saturated rings. The van der Waals surface area contributed by atoms with E-state index in [1.54, 1.807) is 10.6 Å². The van der Waals surface area contributed by atoms with Gasteiger partial charge in [0.1, 0.15) is 10.8 Å². The number of Topliss-reactive ketones (excluding diaryl/α,β-unsaturated/α-hetero) is 1. The summed E-state index contributed by atoms with van der Waals surface area (Å²) in [5.41, 5.74) is 3.54. The highest BCUT2D eigenvalue weighted by atomic mass is 35.5. The minimum atomic E-state index is -0.253. The van der Waals surface area contributed by atoms with Crippen molar-refractivity contribution in [3.8, 4) is 33.3 Å². The normalized spacial score (nSPS) is 14.7. The number of halogens is 1. The minimum Gasteiger partial charge on any atom is -0.489 e. The fourth-order valence-corrected chi connectivity index (χ4v) is 5.63. The molecule has 1 aliphatic rings. The van der Waals surface area contributed by atoms with E-state index in [0.29, 0.717) is 45.4 Å². The van der Waals surface area contributed by atoms with Gasteiger partial charge in [-0.15, -0.1) is 11.3 Å². The Bertz CT molecular complexity index is 1520. The van der Waals surface area contributed by atoms with Crippen LogP contribution in [0.3, 0.4) is 0 Å². The van der Waals surface area contributed by atoms with E-state index in [1.807, 2.05) is 67.8 Å². The third-order valence-corrected chi connectivity index (χ3v) is 7.36. The molecule has 2 heterocycles. The van der Waals surface area contributed by atoms with Gasteiger partial charge < -0.3 is 4.74 Å². The van der Waals surface area contributed by atoms with Gasteiger partial charge in [-0.1, -0.05) is 49.7 Å². The van der Waals surface area contributed by atoms with Crippen molar-refractivity contribution in [2.45, 2.75) is 46.6 Å². The molecular weight excluding hydrogens is 492 g/mol. The van der Waals surface area contributed by atoms with Gasteiger partial charge in [-0.3, -0.25) is 14.2 Å². The zero-order valence-corrected chi connectivity index (χ0v) is 22.2. The average molecular weight is 519 g/mol. The largest absolute Gasteiger partial charge is 0.489 e. The lowest BCUT2D eigenvalue weighted by Crippen LogP contribution is -2.35. The molecule has 5 rings (SSSR count). The standard InChI is InChI=1S/C29H27ClN2O3S/c1-17(2)35-26-8-6-5-7-23(26)32-24-14-29(3,4)15-25(33)20(24)13-21(28(32)34)27-31-22(16-36-27)18-9-11-19(30)12-10-18/h5-13,16-17H,14-15H2,1-4H3. The summed E-state index contributed by atoms with van der Waals surface area (Å²) in [5, 5.41) is 3.14. The molecule has 1 aliphatic carbocycles. The Morgan fingerprint density at radius 1 is 1.03 bits per heavy atom. The molecule has 5 nitrogen and oxygen atoms in total. The Morgan fingerprint density at radius 3 is 2.47 bits per heavy atom. The Labute approximate surface area is 219 Å². The number of benzene rings is 2. The molecule has 0 bridgehead atoms. The van der Waals surface area contributed by atoms with Gasteiger partial charge in [0.05, 0.1) is 23.0 Å². The summed E-state index contributed by atoms with van der Waals surface area (Å²) in [6.45, 7) is 8.02. The van der Waals surface area contributed by atoms with Gasteiger partial charge in [0.2, 0.25) is 0 Å². The number of ketones is 1. The number of pyridine rings is 1. The number of thiazole rings is 1. The highest BCUT2D eigenvalue weighted by Crippen LogP contribution is 2.38. The summed E-state index contributed by atoms with van der Waals surface area (Å²) >= 11 is 7.42. The molecule has 36 heavy (non-hydrogen) atoms. The second-order valence-corrected chi connectivity index (χ2v) is 11.5. The second-order valence-electron chi connectivity index (χ2n) is 10.2. The first-order valence-corrected chi connectivity index (χ1v) is 13.2. The molecule has 0 N–H and O–H groups in total. The van der Waals surface area contributed by atoms with Crippen LogP contribution in [0, 0.1) is 5.41 Å². The summed E-state index contributed by atoms with van der Waals surface area (Å²) in [7, 11) is 0. The number of para-hydroxylation sites is 2. The van der Waals surface area contributed by atoms with E-state index >= 15 is 0 Å². The number of hydrogen-bond donors (Lipinski definition) is 0. The zero-order valence-electron chi connectivity index (χ0n) is 20.7. The molecule has 0 amide bonds. The number of ether oxygens (including phenoxy) is 1. The fourth-order valence-electron chi connectivity index (χ4n) is 4.67. The molecule has 2 aromatic carbocycles. The fraction of sp³-hybridized carbons (Fsp3) is 0.276. The van der Waals surface area contributed by atoms with Gasteiger partial charge >= 0.3 is 0 Å². The van der Waals surface area contributed by atoms with Gasteiger partial charge in [-0.2, -0.15) is 0 Å². The number of rotatable bonds is 5. The van der Waals surface area contributed by atoms with Gasteiger partial charge in [0.25, 0.3) is 5.56 Å². The highest BCUT2D eigenvalue weighted by molar-refractivity contribution is 7.13. The molecule has 0 unspecified atom stereocenters. The Hall–Kier alpha value is -3.22. The number of aromatic nitrogens is 2. The number of carbonyl (C=O) groups is 1. The number of hydrogen-bond acceptors (Lipinski definition) is 5. The monoisotopic (exact) mass is 518 g/mol. The van der Waals surface area contributed by atoms with Crippen LogP contribution in [0.1, 0.15) is 50.2 Å². The number of fused-ring (bicyclic) bond motifs is 1. The maximum Gasteiger partial charge on any atom is 0.265 e. The number of nitrogens with zero attached hydrogens (tertiary/aromatic N) is 2. The van der Waals surface area contributed by atoms with Crippen molar-refractivity contribution in [2.75, 3.05) is 0 Å². The quantitative estimate of drug-likeness (QED) is 0.280. The van der Waals surface area contributed by atoms with E-state index in [0.717, 1.165) is 17.0 Å². The predicted molar refractivity (Wildman–Crippen MR) is 146 cm³/mol. The maximum absolute atomic E-state index is 14.1. The molecule has 0 atom stereocenters. The van der Waals surface area contributed by atoms with Crippen LogP contribution in [-0.2, 0) is 6.42 Å². The van der Waals surface area contributed by atoms with Crippen LogP contribution < -0.4 is 10.3 Å². The van der Waals surface area contributed by atoms with Crippen molar-refractivity contribution in [2.24, 2.45) is 5.41 Å². The Kier molecular flexibility index (Phi) is 6.35. The first-order chi connectivity index (χ1) is 17.1. The molecule has 7 heteroatoms. The summed E-state index contributed by atoms with van der Waals surface area (Å²) in [6.07, 6.45) is 0.961. The second kappa shape index (κ2) is 9.34. The Balaban J connectivity index is 1.74. The first-order valence-electron chi connectivity index (χ1n) is 11.9. The van der Waals surface area contributed by atoms with Crippen LogP contribution in [0.2, 0.25) is 5.02 Å². The molecule has 0 saturated carbocycles. The van der Waals surface area contributed by atoms with Crippen LogP contribution in [0.15, 0.2) is 64.8 Å². The average Bonchev–Trinajstić information content (AvgIpc) is 3.29. The molecule has 184 valence electrons. The van der Waals surface area contributed by atoms with E-state index < -0.39 is 0 Å². The van der Waals surface area contributed by atoms with E-state index in [9.17, 15) is 9.59 Å².